The van der Waals surface area contributed by atoms with Gasteiger partial charge >= 0.3 is 5.97 Å². The lowest BCUT2D eigenvalue weighted by molar-refractivity contribution is -0.137. The lowest BCUT2D eigenvalue weighted by Crippen LogP contribution is -2.27. The maximum absolute atomic E-state index is 11.9. The van der Waals surface area contributed by atoms with E-state index in [2.05, 4.69) is 4.72 Å². The zero-order chi connectivity index (χ0) is 20.0. The number of aliphatic hydroxyl groups excluding tert-OH is 1. The Balaban J connectivity index is 2.02. The molecule has 27 heavy (non-hydrogen) atoms. The van der Waals surface area contributed by atoms with Crippen LogP contribution in [-0.4, -0.2) is 49.6 Å². The van der Waals surface area contributed by atoms with Gasteiger partial charge in [-0.15, -0.1) is 0 Å². The van der Waals surface area contributed by atoms with Crippen LogP contribution < -0.4 is 9.46 Å². The molecule has 0 amide bonds. The van der Waals surface area contributed by atoms with Gasteiger partial charge in [0.05, 0.1) is 11.9 Å². The Labute approximate surface area is 161 Å². The summed E-state index contributed by atoms with van der Waals surface area (Å²) in [6.07, 6.45) is 4.05. The van der Waals surface area contributed by atoms with Gasteiger partial charge in [0.2, 0.25) is 10.0 Å². The summed E-state index contributed by atoms with van der Waals surface area (Å²) >= 11 is 0. The zero-order valence-electron chi connectivity index (χ0n) is 15.7. The van der Waals surface area contributed by atoms with Gasteiger partial charge in [-0.25, -0.2) is 13.1 Å². The molecule has 3 N–H and O–H groups in total. The number of ether oxygens (including phenoxy) is 1. The summed E-state index contributed by atoms with van der Waals surface area (Å²) in [5.41, 5.74) is 0. The molecule has 1 unspecified atom stereocenters. The van der Waals surface area contributed by atoms with Gasteiger partial charge in [-0.2, -0.15) is 0 Å². The molecule has 0 aromatic heterocycles. The molecule has 1 atom stereocenters. The number of nitrogens with one attached hydrogen (secondary N) is 1. The van der Waals surface area contributed by atoms with E-state index < -0.39 is 22.1 Å². The number of sulfonamides is 1. The second-order valence-electron chi connectivity index (χ2n) is 6.54. The highest BCUT2D eigenvalue weighted by Crippen LogP contribution is 2.10. The molecule has 1 rings (SSSR count). The molecular weight excluding hydrogens is 370 g/mol. The van der Waals surface area contributed by atoms with E-state index in [0.717, 1.165) is 12.8 Å². The SMILES string of the molecule is O=C(O)CCCCCCNS(=O)(=O)CCCCC(O)COc1ccccc1. The number of carboxylic acid groups (broad SMARTS) is 1. The monoisotopic (exact) mass is 401 g/mol. The number of carbonyl (C=O) groups is 1. The van der Waals surface area contributed by atoms with E-state index in [-0.39, 0.29) is 18.8 Å². The highest BCUT2D eigenvalue weighted by molar-refractivity contribution is 7.89. The van der Waals surface area contributed by atoms with Crippen LogP contribution in [-0.2, 0) is 14.8 Å². The molecule has 0 spiro atoms. The lowest BCUT2D eigenvalue weighted by atomic mass is 10.1. The smallest absolute Gasteiger partial charge is 0.303 e. The van der Waals surface area contributed by atoms with Crippen molar-refractivity contribution in [1.82, 2.24) is 4.72 Å². The number of hydrogen-bond donors (Lipinski definition) is 3. The summed E-state index contributed by atoms with van der Waals surface area (Å²) in [5, 5.41) is 18.4. The van der Waals surface area contributed by atoms with E-state index in [0.29, 0.717) is 44.4 Å². The van der Waals surface area contributed by atoms with Crippen molar-refractivity contribution in [3.63, 3.8) is 0 Å². The molecule has 1 aromatic rings. The van der Waals surface area contributed by atoms with E-state index in [1.54, 1.807) is 0 Å². The summed E-state index contributed by atoms with van der Waals surface area (Å²) in [6, 6.07) is 9.23. The number of benzene rings is 1. The molecule has 0 saturated carbocycles. The second kappa shape index (κ2) is 13.5. The Morgan fingerprint density at radius 1 is 1.04 bits per heavy atom. The van der Waals surface area contributed by atoms with Crippen LogP contribution in [0.5, 0.6) is 5.75 Å². The number of aliphatic hydroxyl groups is 1. The topological polar surface area (TPSA) is 113 Å². The van der Waals surface area contributed by atoms with Crippen molar-refractivity contribution in [2.75, 3.05) is 18.9 Å². The normalized spacial score (nSPS) is 12.6. The van der Waals surface area contributed by atoms with Gasteiger partial charge in [0.1, 0.15) is 12.4 Å². The fourth-order valence-electron chi connectivity index (χ4n) is 2.52. The predicted molar refractivity (Wildman–Crippen MR) is 104 cm³/mol. The Kier molecular flexibility index (Phi) is 11.7. The summed E-state index contributed by atoms with van der Waals surface area (Å²) in [7, 11) is -3.30. The van der Waals surface area contributed by atoms with Crippen molar-refractivity contribution >= 4 is 16.0 Å². The molecule has 0 saturated heterocycles. The van der Waals surface area contributed by atoms with E-state index >= 15 is 0 Å². The summed E-state index contributed by atoms with van der Waals surface area (Å²) in [6.45, 7) is 0.569. The number of hydrogen-bond acceptors (Lipinski definition) is 5. The third-order valence-corrected chi connectivity index (χ3v) is 5.50. The minimum Gasteiger partial charge on any atom is -0.491 e. The molecule has 8 heteroatoms. The van der Waals surface area contributed by atoms with Gasteiger partial charge < -0.3 is 14.9 Å². The van der Waals surface area contributed by atoms with Crippen LogP contribution in [0.1, 0.15) is 51.4 Å². The maximum atomic E-state index is 11.9. The Morgan fingerprint density at radius 3 is 2.44 bits per heavy atom. The molecule has 0 fully saturated rings. The molecule has 1 aromatic carbocycles. The molecule has 0 heterocycles. The Hall–Kier alpha value is -1.64. The highest BCUT2D eigenvalue weighted by atomic mass is 32.2. The van der Waals surface area contributed by atoms with Crippen molar-refractivity contribution in [2.24, 2.45) is 0 Å². The minimum atomic E-state index is -3.30. The maximum Gasteiger partial charge on any atom is 0.303 e. The molecule has 7 nitrogen and oxygen atoms in total. The quantitative estimate of drug-likeness (QED) is 0.367. The summed E-state index contributed by atoms with van der Waals surface area (Å²) < 4.78 is 31.8. The molecule has 0 radical (unpaired) electrons. The Morgan fingerprint density at radius 2 is 1.74 bits per heavy atom. The highest BCUT2D eigenvalue weighted by Gasteiger charge is 2.11. The molecule has 0 aliphatic rings. The van der Waals surface area contributed by atoms with Gasteiger partial charge in [-0.1, -0.05) is 31.0 Å². The van der Waals surface area contributed by atoms with Gasteiger partial charge in [0.15, 0.2) is 0 Å². The predicted octanol–water partition coefficient (Wildman–Crippen LogP) is 2.55. The number of aliphatic carboxylic acids is 1. The minimum absolute atomic E-state index is 0.0400. The number of carboxylic acids is 1. The number of unbranched alkanes of at least 4 members (excludes halogenated alkanes) is 4. The van der Waals surface area contributed by atoms with Crippen molar-refractivity contribution < 1.29 is 28.2 Å². The van der Waals surface area contributed by atoms with Crippen LogP contribution in [0.4, 0.5) is 0 Å². The molecule has 154 valence electrons. The average Bonchev–Trinajstić information content (AvgIpc) is 2.63. The molecule has 0 aliphatic heterocycles. The largest absolute Gasteiger partial charge is 0.491 e. The van der Waals surface area contributed by atoms with Gasteiger partial charge in [0, 0.05) is 13.0 Å². The van der Waals surface area contributed by atoms with E-state index in [1.165, 1.54) is 0 Å². The molecule has 0 aliphatic carbocycles. The van der Waals surface area contributed by atoms with Crippen LogP contribution >= 0.6 is 0 Å². The molecule has 0 bridgehead atoms. The summed E-state index contributed by atoms with van der Waals surface area (Å²) in [4.78, 5) is 10.4. The number of para-hydroxylation sites is 1. The lowest BCUT2D eigenvalue weighted by Gasteiger charge is -2.12. The van der Waals surface area contributed by atoms with Crippen molar-refractivity contribution in [3.8, 4) is 5.75 Å². The third kappa shape index (κ3) is 13.2. The Bertz CT molecular complexity index is 620. The zero-order valence-corrected chi connectivity index (χ0v) is 16.5. The van der Waals surface area contributed by atoms with Crippen molar-refractivity contribution in [2.45, 2.75) is 57.5 Å². The third-order valence-electron chi connectivity index (χ3n) is 4.03. The summed E-state index contributed by atoms with van der Waals surface area (Å²) in [5.74, 6) is -0.0584. The second-order valence-corrected chi connectivity index (χ2v) is 8.47. The van der Waals surface area contributed by atoms with Crippen molar-refractivity contribution in [3.05, 3.63) is 30.3 Å². The number of rotatable bonds is 16. The van der Waals surface area contributed by atoms with E-state index in [9.17, 15) is 18.3 Å². The first-order valence-corrected chi connectivity index (χ1v) is 11.1. The van der Waals surface area contributed by atoms with Gasteiger partial charge in [0.25, 0.3) is 0 Å². The van der Waals surface area contributed by atoms with Crippen LogP contribution in [0.15, 0.2) is 30.3 Å². The fourth-order valence-corrected chi connectivity index (χ4v) is 3.70. The fraction of sp³-hybridized carbons (Fsp3) is 0.632. The average molecular weight is 402 g/mol. The first-order chi connectivity index (χ1) is 12.9. The van der Waals surface area contributed by atoms with E-state index in [4.69, 9.17) is 9.84 Å². The van der Waals surface area contributed by atoms with Crippen LogP contribution in [0.3, 0.4) is 0 Å². The molecular formula is C19H31NO6S. The standard InChI is InChI=1S/C19H31NO6S/c21-17(16-26-18-11-4-3-5-12-18)10-7-9-15-27(24,25)20-14-8-2-1-6-13-19(22)23/h3-5,11-12,17,20-21H,1-2,6-10,13-16H2,(H,22,23). The van der Waals surface area contributed by atoms with Crippen LogP contribution in [0.25, 0.3) is 0 Å². The first kappa shape index (κ1) is 23.4. The van der Waals surface area contributed by atoms with E-state index in [1.807, 2.05) is 30.3 Å². The van der Waals surface area contributed by atoms with Gasteiger partial charge in [-0.05, 0) is 44.2 Å². The first-order valence-electron chi connectivity index (χ1n) is 9.44. The van der Waals surface area contributed by atoms with Crippen molar-refractivity contribution in [1.29, 1.82) is 0 Å². The van der Waals surface area contributed by atoms with Gasteiger partial charge in [-0.3, -0.25) is 4.79 Å². The van der Waals surface area contributed by atoms with Crippen LogP contribution in [0, 0.1) is 0 Å². The van der Waals surface area contributed by atoms with Crippen LogP contribution in [0.2, 0.25) is 0 Å².